The molecule has 0 saturated carbocycles. The molecule has 7 nitrogen and oxygen atoms in total. The molecule has 1 amide bonds. The predicted molar refractivity (Wildman–Crippen MR) is 70.0 cm³/mol. The van der Waals surface area contributed by atoms with Crippen molar-refractivity contribution in [3.05, 3.63) is 33.1 Å². The Morgan fingerprint density at radius 2 is 2.21 bits per heavy atom. The van der Waals surface area contributed by atoms with E-state index in [9.17, 15) is 14.4 Å². The lowest BCUT2D eigenvalue weighted by Gasteiger charge is -2.32. The first-order valence-corrected chi connectivity index (χ1v) is 6.26. The maximum Gasteiger partial charge on any atom is 0.331 e. The van der Waals surface area contributed by atoms with Gasteiger partial charge in [0.1, 0.15) is 6.54 Å². The number of rotatable bonds is 2. The smallest absolute Gasteiger partial charge is 0.331 e. The van der Waals surface area contributed by atoms with Crippen molar-refractivity contribution in [1.82, 2.24) is 19.4 Å². The zero-order valence-corrected chi connectivity index (χ0v) is 11.1. The van der Waals surface area contributed by atoms with E-state index in [4.69, 9.17) is 0 Å². The minimum atomic E-state index is -0.468. The number of nitrogens with one attached hydrogen (secondary N) is 1. The summed E-state index contributed by atoms with van der Waals surface area (Å²) in [6.07, 6.45) is 1.37. The molecule has 104 valence electrons. The predicted octanol–water partition coefficient (Wildman–Crippen LogP) is -1.63. The Labute approximate surface area is 110 Å². The molecule has 7 heteroatoms. The third-order valence-corrected chi connectivity index (χ3v) is 3.29. The van der Waals surface area contributed by atoms with Crippen molar-refractivity contribution < 1.29 is 4.79 Å². The highest BCUT2D eigenvalue weighted by Crippen LogP contribution is 2.00. The summed E-state index contributed by atoms with van der Waals surface area (Å²) >= 11 is 0. The standard InChI is InChI=1S/C12H18N4O3/c1-9-7-15(6-4-13-9)11(18)8-16-5-3-10(17)14(2)12(16)19/h3,5,9,13H,4,6-8H2,1-2H3/t9-/m0/s1. The van der Waals surface area contributed by atoms with Crippen LogP contribution >= 0.6 is 0 Å². The summed E-state index contributed by atoms with van der Waals surface area (Å²) in [6.45, 7) is 4.02. The van der Waals surface area contributed by atoms with Crippen molar-refractivity contribution in [1.29, 1.82) is 0 Å². The van der Waals surface area contributed by atoms with E-state index in [1.807, 2.05) is 6.92 Å². The maximum atomic E-state index is 12.1. The molecule has 19 heavy (non-hydrogen) atoms. The van der Waals surface area contributed by atoms with Crippen LogP contribution in [0.25, 0.3) is 0 Å². The second-order valence-corrected chi connectivity index (χ2v) is 4.82. The molecule has 1 aliphatic heterocycles. The third kappa shape index (κ3) is 2.93. The van der Waals surface area contributed by atoms with Crippen LogP contribution in [0.1, 0.15) is 6.92 Å². The first-order chi connectivity index (χ1) is 8.99. The Morgan fingerprint density at radius 1 is 1.47 bits per heavy atom. The van der Waals surface area contributed by atoms with Gasteiger partial charge in [-0.1, -0.05) is 0 Å². The van der Waals surface area contributed by atoms with Crippen molar-refractivity contribution in [3.8, 4) is 0 Å². The minimum Gasteiger partial charge on any atom is -0.338 e. The van der Waals surface area contributed by atoms with Crippen LogP contribution in [-0.4, -0.2) is 45.6 Å². The van der Waals surface area contributed by atoms with E-state index in [0.717, 1.165) is 11.1 Å². The van der Waals surface area contributed by atoms with Gasteiger partial charge in [0.15, 0.2) is 0 Å². The first-order valence-electron chi connectivity index (χ1n) is 6.26. The molecule has 0 radical (unpaired) electrons. The number of carbonyl (C=O) groups is 1. The molecule has 2 heterocycles. The zero-order valence-electron chi connectivity index (χ0n) is 11.1. The highest BCUT2D eigenvalue weighted by molar-refractivity contribution is 5.76. The van der Waals surface area contributed by atoms with Gasteiger partial charge in [-0.15, -0.1) is 0 Å². The lowest BCUT2D eigenvalue weighted by molar-refractivity contribution is -0.133. The van der Waals surface area contributed by atoms with Crippen molar-refractivity contribution >= 4 is 5.91 Å². The van der Waals surface area contributed by atoms with Gasteiger partial charge >= 0.3 is 5.69 Å². The maximum absolute atomic E-state index is 12.1. The van der Waals surface area contributed by atoms with Crippen molar-refractivity contribution in [2.24, 2.45) is 7.05 Å². The molecule has 0 aliphatic carbocycles. The van der Waals surface area contributed by atoms with Crippen LogP contribution in [0.3, 0.4) is 0 Å². The summed E-state index contributed by atoms with van der Waals surface area (Å²) in [4.78, 5) is 36.9. The first kappa shape index (κ1) is 13.5. The molecule has 1 aliphatic rings. The van der Waals surface area contributed by atoms with Gasteiger partial charge in [0.05, 0.1) is 0 Å². The van der Waals surface area contributed by atoms with Gasteiger partial charge in [0, 0.05) is 45.0 Å². The molecule has 1 aromatic heterocycles. The summed E-state index contributed by atoms with van der Waals surface area (Å²) in [5.74, 6) is -0.103. The lowest BCUT2D eigenvalue weighted by atomic mass is 10.2. The summed E-state index contributed by atoms with van der Waals surface area (Å²) in [7, 11) is 1.40. The molecule has 1 atom stereocenters. The van der Waals surface area contributed by atoms with Crippen molar-refractivity contribution in [2.75, 3.05) is 19.6 Å². The van der Waals surface area contributed by atoms with Crippen molar-refractivity contribution in [3.63, 3.8) is 0 Å². The van der Waals surface area contributed by atoms with Crippen LogP contribution in [-0.2, 0) is 18.4 Å². The second-order valence-electron chi connectivity index (χ2n) is 4.82. The van der Waals surface area contributed by atoms with E-state index in [1.54, 1.807) is 4.90 Å². The van der Waals surface area contributed by atoms with Gasteiger partial charge in [-0.05, 0) is 6.92 Å². The molecule has 0 unspecified atom stereocenters. The quantitative estimate of drug-likeness (QED) is 0.697. The van der Waals surface area contributed by atoms with E-state index in [0.29, 0.717) is 13.1 Å². The zero-order chi connectivity index (χ0) is 14.0. The molecule has 0 aromatic carbocycles. The largest absolute Gasteiger partial charge is 0.338 e. The van der Waals surface area contributed by atoms with Crippen LogP contribution in [0.2, 0.25) is 0 Å². The fraction of sp³-hybridized carbons (Fsp3) is 0.583. The Morgan fingerprint density at radius 3 is 2.89 bits per heavy atom. The van der Waals surface area contributed by atoms with E-state index in [2.05, 4.69) is 5.32 Å². The second kappa shape index (κ2) is 5.40. The van der Waals surface area contributed by atoms with Crippen LogP contribution in [0.4, 0.5) is 0 Å². The normalized spacial score (nSPS) is 19.5. The number of amides is 1. The van der Waals surface area contributed by atoms with Gasteiger partial charge in [0.25, 0.3) is 5.56 Å². The van der Waals surface area contributed by atoms with E-state index >= 15 is 0 Å². The van der Waals surface area contributed by atoms with Gasteiger partial charge in [0.2, 0.25) is 5.91 Å². The van der Waals surface area contributed by atoms with E-state index < -0.39 is 5.69 Å². The Kier molecular flexibility index (Phi) is 3.84. The average molecular weight is 266 g/mol. The summed E-state index contributed by atoms with van der Waals surface area (Å²) in [5.41, 5.74) is -0.839. The average Bonchev–Trinajstić information content (AvgIpc) is 2.39. The van der Waals surface area contributed by atoms with Gasteiger partial charge in [-0.3, -0.25) is 18.7 Å². The van der Waals surface area contributed by atoms with Gasteiger partial charge in [-0.2, -0.15) is 0 Å². The highest BCUT2D eigenvalue weighted by atomic mass is 16.2. The Balaban J connectivity index is 2.13. The topological polar surface area (TPSA) is 76.3 Å². The lowest BCUT2D eigenvalue weighted by Crippen LogP contribution is -2.52. The number of hydrogen-bond donors (Lipinski definition) is 1. The van der Waals surface area contributed by atoms with E-state index in [1.165, 1.54) is 23.9 Å². The fourth-order valence-corrected chi connectivity index (χ4v) is 2.14. The minimum absolute atomic E-state index is 0.0281. The molecule has 2 rings (SSSR count). The Bertz CT molecular complexity index is 589. The number of hydrogen-bond acceptors (Lipinski definition) is 4. The molecule has 1 N–H and O–H groups in total. The monoisotopic (exact) mass is 266 g/mol. The number of aromatic nitrogens is 2. The summed E-state index contributed by atoms with van der Waals surface area (Å²) < 4.78 is 2.25. The molecule has 0 bridgehead atoms. The SMILES string of the molecule is C[C@H]1CN(C(=O)Cn2ccc(=O)n(C)c2=O)CCN1. The van der Waals surface area contributed by atoms with Crippen LogP contribution < -0.4 is 16.6 Å². The fourth-order valence-electron chi connectivity index (χ4n) is 2.14. The molecule has 0 spiro atoms. The van der Waals surface area contributed by atoms with Gasteiger partial charge < -0.3 is 10.2 Å². The molecular formula is C12H18N4O3. The van der Waals surface area contributed by atoms with Crippen LogP contribution in [0.15, 0.2) is 21.9 Å². The molecular weight excluding hydrogens is 248 g/mol. The van der Waals surface area contributed by atoms with Crippen LogP contribution in [0.5, 0.6) is 0 Å². The highest BCUT2D eigenvalue weighted by Gasteiger charge is 2.20. The Hall–Kier alpha value is -1.89. The van der Waals surface area contributed by atoms with Crippen molar-refractivity contribution in [2.45, 2.75) is 19.5 Å². The van der Waals surface area contributed by atoms with Gasteiger partial charge in [-0.25, -0.2) is 4.79 Å². The molecule has 1 aromatic rings. The summed E-state index contributed by atoms with van der Waals surface area (Å²) in [6, 6.07) is 1.55. The van der Waals surface area contributed by atoms with Crippen LogP contribution in [0, 0.1) is 0 Å². The molecule has 1 fully saturated rings. The van der Waals surface area contributed by atoms with E-state index in [-0.39, 0.29) is 24.1 Å². The third-order valence-electron chi connectivity index (χ3n) is 3.29. The molecule has 1 saturated heterocycles. The number of nitrogens with zero attached hydrogens (tertiary/aromatic N) is 3. The number of piperazine rings is 1. The summed E-state index contributed by atoms with van der Waals surface area (Å²) in [5, 5.41) is 3.25. The number of carbonyl (C=O) groups excluding carboxylic acids is 1.